The molecule has 0 spiro atoms. The van der Waals surface area contributed by atoms with Crippen LogP contribution in [0.5, 0.6) is 0 Å². The Morgan fingerprint density at radius 1 is 1.39 bits per heavy atom. The molecule has 4 heteroatoms. The maximum absolute atomic E-state index is 12.4. The van der Waals surface area contributed by atoms with Gasteiger partial charge in [-0.2, -0.15) is 0 Å². The zero-order chi connectivity index (χ0) is 12.5. The van der Waals surface area contributed by atoms with Crippen molar-refractivity contribution in [2.24, 2.45) is 11.8 Å². The van der Waals surface area contributed by atoms with Crippen LogP contribution in [0.15, 0.2) is 18.3 Å². The molecule has 1 aromatic rings. The van der Waals surface area contributed by atoms with Crippen LogP contribution in [0, 0.1) is 18.8 Å². The average molecular weight is 245 g/mol. The summed E-state index contributed by atoms with van der Waals surface area (Å²) in [7, 11) is 0. The number of carbonyl (C=O) groups is 1. The van der Waals surface area contributed by atoms with E-state index in [0.29, 0.717) is 11.5 Å². The molecular formula is C14H19N3O. The summed E-state index contributed by atoms with van der Waals surface area (Å²) < 4.78 is 0. The molecule has 2 unspecified atom stereocenters. The summed E-state index contributed by atoms with van der Waals surface area (Å²) in [6, 6.07) is 3.78. The number of nitrogens with zero attached hydrogens (tertiary/aromatic N) is 2. The molecule has 2 saturated heterocycles. The van der Waals surface area contributed by atoms with E-state index < -0.39 is 0 Å². The van der Waals surface area contributed by atoms with Crippen molar-refractivity contribution in [3.63, 3.8) is 0 Å². The molecule has 1 aromatic heterocycles. The molecule has 0 aliphatic carbocycles. The second-order valence-corrected chi connectivity index (χ2v) is 5.41. The van der Waals surface area contributed by atoms with Crippen molar-refractivity contribution in [2.75, 3.05) is 26.2 Å². The summed E-state index contributed by atoms with van der Waals surface area (Å²) in [5, 5.41) is 3.42. The van der Waals surface area contributed by atoms with Gasteiger partial charge >= 0.3 is 0 Å². The molecule has 3 heterocycles. The van der Waals surface area contributed by atoms with Crippen LogP contribution in [-0.2, 0) is 0 Å². The number of likely N-dealkylation sites (tertiary alicyclic amines) is 1. The highest BCUT2D eigenvalue weighted by Crippen LogP contribution is 2.27. The molecule has 0 saturated carbocycles. The van der Waals surface area contributed by atoms with Gasteiger partial charge in [0.05, 0.1) is 5.56 Å². The van der Waals surface area contributed by atoms with Crippen LogP contribution >= 0.6 is 0 Å². The fourth-order valence-corrected chi connectivity index (χ4v) is 3.00. The summed E-state index contributed by atoms with van der Waals surface area (Å²) in [5.41, 5.74) is 1.66. The third kappa shape index (κ3) is 2.12. The van der Waals surface area contributed by atoms with E-state index in [9.17, 15) is 4.79 Å². The van der Waals surface area contributed by atoms with Gasteiger partial charge in [-0.25, -0.2) is 0 Å². The van der Waals surface area contributed by atoms with Gasteiger partial charge in [0.1, 0.15) is 0 Å². The first-order chi connectivity index (χ1) is 8.74. The molecule has 0 bridgehead atoms. The Morgan fingerprint density at radius 2 is 2.22 bits per heavy atom. The SMILES string of the molecule is Cc1ccc(C(=O)N2CCC3CNCC3C2)cn1. The van der Waals surface area contributed by atoms with Crippen molar-refractivity contribution in [2.45, 2.75) is 13.3 Å². The highest BCUT2D eigenvalue weighted by Gasteiger charge is 2.34. The Morgan fingerprint density at radius 3 is 3.00 bits per heavy atom. The minimum absolute atomic E-state index is 0.132. The first-order valence-electron chi connectivity index (χ1n) is 6.66. The monoisotopic (exact) mass is 245 g/mol. The smallest absolute Gasteiger partial charge is 0.255 e. The summed E-state index contributed by atoms with van der Waals surface area (Å²) in [4.78, 5) is 18.6. The average Bonchev–Trinajstić information content (AvgIpc) is 2.86. The fraction of sp³-hybridized carbons (Fsp3) is 0.571. The van der Waals surface area contributed by atoms with Gasteiger partial charge in [-0.3, -0.25) is 9.78 Å². The first kappa shape index (κ1) is 11.7. The number of rotatable bonds is 1. The number of pyridine rings is 1. The van der Waals surface area contributed by atoms with Gasteiger partial charge in [0.15, 0.2) is 0 Å². The zero-order valence-corrected chi connectivity index (χ0v) is 10.7. The number of nitrogens with one attached hydrogen (secondary N) is 1. The molecule has 2 fully saturated rings. The molecule has 1 amide bonds. The van der Waals surface area contributed by atoms with Crippen molar-refractivity contribution < 1.29 is 4.79 Å². The predicted octanol–water partition coefficient (Wildman–Crippen LogP) is 1.07. The van der Waals surface area contributed by atoms with Crippen LogP contribution in [0.1, 0.15) is 22.5 Å². The van der Waals surface area contributed by atoms with E-state index >= 15 is 0 Å². The molecule has 2 aliphatic rings. The van der Waals surface area contributed by atoms with Crippen molar-refractivity contribution >= 4 is 5.91 Å². The van der Waals surface area contributed by atoms with Gasteiger partial charge in [0.2, 0.25) is 0 Å². The second kappa shape index (κ2) is 4.69. The van der Waals surface area contributed by atoms with Gasteiger partial charge in [0.25, 0.3) is 5.91 Å². The Kier molecular flexibility index (Phi) is 3.04. The lowest BCUT2D eigenvalue weighted by molar-refractivity contribution is 0.0642. The van der Waals surface area contributed by atoms with E-state index in [1.54, 1.807) is 6.20 Å². The van der Waals surface area contributed by atoms with Gasteiger partial charge in [-0.05, 0) is 50.4 Å². The summed E-state index contributed by atoms with van der Waals surface area (Å²) >= 11 is 0. The Labute approximate surface area is 107 Å². The number of piperidine rings is 1. The molecule has 18 heavy (non-hydrogen) atoms. The maximum Gasteiger partial charge on any atom is 0.255 e. The number of carbonyl (C=O) groups excluding carboxylic acids is 1. The molecule has 2 atom stereocenters. The molecule has 3 rings (SSSR count). The molecule has 4 nitrogen and oxygen atoms in total. The minimum Gasteiger partial charge on any atom is -0.338 e. The van der Waals surface area contributed by atoms with E-state index in [1.807, 2.05) is 24.0 Å². The van der Waals surface area contributed by atoms with Gasteiger partial charge in [0, 0.05) is 25.0 Å². The maximum atomic E-state index is 12.4. The quantitative estimate of drug-likeness (QED) is 0.805. The fourth-order valence-electron chi connectivity index (χ4n) is 3.00. The van der Waals surface area contributed by atoms with Gasteiger partial charge in [-0.1, -0.05) is 0 Å². The first-order valence-corrected chi connectivity index (χ1v) is 6.66. The lowest BCUT2D eigenvalue weighted by Gasteiger charge is -2.34. The zero-order valence-electron chi connectivity index (χ0n) is 10.7. The predicted molar refractivity (Wildman–Crippen MR) is 69.3 cm³/mol. The Balaban J connectivity index is 1.71. The third-order valence-electron chi connectivity index (χ3n) is 4.15. The highest BCUT2D eigenvalue weighted by molar-refractivity contribution is 5.94. The number of aromatic nitrogens is 1. The number of aryl methyl sites for hydroxylation is 1. The molecule has 0 aromatic carbocycles. The van der Waals surface area contributed by atoms with Crippen molar-refractivity contribution in [1.82, 2.24) is 15.2 Å². The van der Waals surface area contributed by atoms with E-state index in [0.717, 1.165) is 44.2 Å². The highest BCUT2D eigenvalue weighted by atomic mass is 16.2. The molecule has 2 aliphatic heterocycles. The van der Waals surface area contributed by atoms with Crippen LogP contribution in [0.4, 0.5) is 0 Å². The standard InChI is InChI=1S/C14H19N3O/c1-10-2-3-12(8-16-10)14(18)17-5-4-11-6-15-7-13(11)9-17/h2-3,8,11,13,15H,4-7,9H2,1H3. The number of amides is 1. The lowest BCUT2D eigenvalue weighted by atomic mass is 9.88. The van der Waals surface area contributed by atoms with Crippen LogP contribution in [0.3, 0.4) is 0 Å². The van der Waals surface area contributed by atoms with Crippen LogP contribution in [-0.4, -0.2) is 42.0 Å². The molecule has 96 valence electrons. The number of hydrogen-bond acceptors (Lipinski definition) is 3. The van der Waals surface area contributed by atoms with Gasteiger partial charge < -0.3 is 10.2 Å². The van der Waals surface area contributed by atoms with Crippen molar-refractivity contribution in [3.05, 3.63) is 29.6 Å². The molecular weight excluding hydrogens is 226 g/mol. The normalized spacial score (nSPS) is 27.1. The van der Waals surface area contributed by atoms with E-state index in [-0.39, 0.29) is 5.91 Å². The van der Waals surface area contributed by atoms with Gasteiger partial charge in [-0.15, -0.1) is 0 Å². The number of fused-ring (bicyclic) bond motifs is 1. The Hall–Kier alpha value is -1.42. The number of hydrogen-bond donors (Lipinski definition) is 1. The summed E-state index contributed by atoms with van der Waals surface area (Å²) in [5.74, 6) is 1.54. The minimum atomic E-state index is 0.132. The molecule has 1 N–H and O–H groups in total. The van der Waals surface area contributed by atoms with Crippen LogP contribution in [0.2, 0.25) is 0 Å². The second-order valence-electron chi connectivity index (χ2n) is 5.41. The van der Waals surface area contributed by atoms with E-state index in [4.69, 9.17) is 0 Å². The van der Waals surface area contributed by atoms with Crippen molar-refractivity contribution in [3.8, 4) is 0 Å². The van der Waals surface area contributed by atoms with Crippen LogP contribution < -0.4 is 5.32 Å². The third-order valence-corrected chi connectivity index (χ3v) is 4.15. The topological polar surface area (TPSA) is 45.2 Å². The van der Waals surface area contributed by atoms with Crippen molar-refractivity contribution in [1.29, 1.82) is 0 Å². The van der Waals surface area contributed by atoms with Crippen LogP contribution in [0.25, 0.3) is 0 Å². The lowest BCUT2D eigenvalue weighted by Crippen LogP contribution is -2.43. The largest absolute Gasteiger partial charge is 0.338 e. The summed E-state index contributed by atoms with van der Waals surface area (Å²) in [6.07, 6.45) is 2.82. The molecule has 0 radical (unpaired) electrons. The van der Waals surface area contributed by atoms with E-state index in [2.05, 4.69) is 10.3 Å². The van der Waals surface area contributed by atoms with E-state index in [1.165, 1.54) is 0 Å². The summed E-state index contributed by atoms with van der Waals surface area (Å²) in [6.45, 7) is 5.89. The Bertz CT molecular complexity index is 443.